The number of nitrogens with one attached hydrogen (secondary N) is 3. The number of thiophene rings is 1. The van der Waals surface area contributed by atoms with Crippen LogP contribution < -0.4 is 16.2 Å². The summed E-state index contributed by atoms with van der Waals surface area (Å²) < 4.78 is 0. The first kappa shape index (κ1) is 15.3. The van der Waals surface area contributed by atoms with Crippen molar-refractivity contribution in [3.05, 3.63) is 70.4 Å². The second-order valence-electron chi connectivity index (χ2n) is 6.00. The molecule has 0 saturated carbocycles. The van der Waals surface area contributed by atoms with E-state index in [0.717, 1.165) is 6.42 Å². The molecule has 5 heteroatoms. The molecule has 2 heterocycles. The summed E-state index contributed by atoms with van der Waals surface area (Å²) in [4.78, 5) is 13.5. The number of fused-ring (bicyclic) bond motifs is 1. The van der Waals surface area contributed by atoms with Crippen molar-refractivity contribution in [1.82, 2.24) is 16.2 Å². The smallest absolute Gasteiger partial charge is 0.238 e. The van der Waals surface area contributed by atoms with Gasteiger partial charge in [0.1, 0.15) is 6.04 Å². The van der Waals surface area contributed by atoms with Crippen LogP contribution >= 0.6 is 11.3 Å². The van der Waals surface area contributed by atoms with Crippen LogP contribution in [0.15, 0.2) is 60.0 Å². The van der Waals surface area contributed by atoms with Gasteiger partial charge in [0, 0.05) is 10.9 Å². The van der Waals surface area contributed by atoms with E-state index in [2.05, 4.69) is 52.6 Å². The molecule has 1 aromatic heterocycles. The number of carbonyl (C=O) groups is 1. The summed E-state index contributed by atoms with van der Waals surface area (Å²) in [6.45, 7) is 0.591. The van der Waals surface area contributed by atoms with Gasteiger partial charge in [0.05, 0.1) is 6.54 Å². The summed E-state index contributed by atoms with van der Waals surface area (Å²) in [5.74, 6) is 0.0404. The second kappa shape index (κ2) is 6.73. The fourth-order valence-electron chi connectivity index (χ4n) is 3.20. The van der Waals surface area contributed by atoms with Gasteiger partial charge in [-0.25, -0.2) is 10.9 Å². The zero-order valence-corrected chi connectivity index (χ0v) is 14.0. The van der Waals surface area contributed by atoms with Crippen molar-refractivity contribution in [2.75, 3.05) is 0 Å². The highest BCUT2D eigenvalue weighted by Gasteiger charge is 2.30. The monoisotopic (exact) mass is 337 g/mol. The lowest BCUT2D eigenvalue weighted by Gasteiger charge is -2.13. The minimum Gasteiger partial charge on any atom is -0.350 e. The normalized spacial score (nSPS) is 20.3. The highest BCUT2D eigenvalue weighted by Crippen LogP contribution is 2.29. The second-order valence-corrected chi connectivity index (χ2v) is 7.03. The lowest BCUT2D eigenvalue weighted by molar-refractivity contribution is -0.123. The number of carbonyl (C=O) groups excluding carboxylic acids is 1. The van der Waals surface area contributed by atoms with Crippen LogP contribution in [0.4, 0.5) is 0 Å². The van der Waals surface area contributed by atoms with Crippen molar-refractivity contribution in [2.24, 2.45) is 0 Å². The molecule has 4 nitrogen and oxygen atoms in total. The van der Waals surface area contributed by atoms with Crippen molar-refractivity contribution >= 4 is 28.0 Å². The molecular weight excluding hydrogens is 318 g/mol. The Morgan fingerprint density at radius 2 is 1.96 bits per heavy atom. The largest absolute Gasteiger partial charge is 0.350 e. The van der Waals surface area contributed by atoms with Crippen molar-refractivity contribution in [2.45, 2.75) is 25.0 Å². The van der Waals surface area contributed by atoms with E-state index in [1.807, 2.05) is 23.6 Å². The lowest BCUT2D eigenvalue weighted by Crippen LogP contribution is -2.42. The van der Waals surface area contributed by atoms with Crippen LogP contribution in [-0.2, 0) is 11.3 Å². The molecule has 1 fully saturated rings. The van der Waals surface area contributed by atoms with Crippen LogP contribution in [0.3, 0.4) is 0 Å². The maximum Gasteiger partial charge on any atom is 0.238 e. The van der Waals surface area contributed by atoms with Crippen LogP contribution in [0.5, 0.6) is 0 Å². The number of hydrogen-bond acceptors (Lipinski definition) is 4. The average molecular weight is 337 g/mol. The molecule has 0 aliphatic carbocycles. The Labute approximate surface area is 144 Å². The van der Waals surface area contributed by atoms with Gasteiger partial charge in [0.25, 0.3) is 0 Å². The fraction of sp³-hybridized carbons (Fsp3) is 0.211. The van der Waals surface area contributed by atoms with Crippen LogP contribution in [0, 0.1) is 0 Å². The van der Waals surface area contributed by atoms with E-state index in [1.54, 1.807) is 11.3 Å². The molecule has 24 heavy (non-hydrogen) atoms. The topological polar surface area (TPSA) is 53.2 Å². The Morgan fingerprint density at radius 1 is 1.08 bits per heavy atom. The zero-order valence-electron chi connectivity index (χ0n) is 13.2. The zero-order chi connectivity index (χ0) is 16.4. The maximum atomic E-state index is 12.4. The van der Waals surface area contributed by atoms with Crippen LogP contribution in [0.1, 0.15) is 22.9 Å². The molecule has 3 aromatic rings. The van der Waals surface area contributed by atoms with Gasteiger partial charge in [-0.2, -0.15) is 0 Å². The molecule has 1 saturated heterocycles. The molecule has 2 aromatic carbocycles. The third-order valence-corrected chi connectivity index (χ3v) is 5.31. The Bertz CT molecular complexity index is 841. The number of rotatable bonds is 4. The van der Waals surface area contributed by atoms with E-state index >= 15 is 0 Å². The van der Waals surface area contributed by atoms with Crippen molar-refractivity contribution in [3.8, 4) is 0 Å². The minimum absolute atomic E-state index is 0.0404. The number of hydrazine groups is 1. The Kier molecular flexibility index (Phi) is 4.30. The molecule has 1 aliphatic rings. The van der Waals surface area contributed by atoms with Crippen LogP contribution in [0.25, 0.3) is 10.8 Å². The minimum atomic E-state index is -0.214. The van der Waals surface area contributed by atoms with Gasteiger partial charge in [-0.3, -0.25) is 4.79 Å². The van der Waals surface area contributed by atoms with Gasteiger partial charge < -0.3 is 5.32 Å². The first-order valence-electron chi connectivity index (χ1n) is 8.10. The Morgan fingerprint density at radius 3 is 2.83 bits per heavy atom. The third-order valence-electron chi connectivity index (χ3n) is 4.44. The van der Waals surface area contributed by atoms with Gasteiger partial charge >= 0.3 is 0 Å². The first-order chi connectivity index (χ1) is 11.8. The standard InChI is InChI=1S/C19H19N3OS/c23-19(20-12-14-7-4-10-24-14)18-11-17(21-22-18)16-9-3-6-13-5-1-2-8-15(13)16/h1-10,17-18,21-22H,11-12H2,(H,20,23). The van der Waals surface area contributed by atoms with Crippen LogP contribution in [0.2, 0.25) is 0 Å². The summed E-state index contributed by atoms with van der Waals surface area (Å²) in [6, 6.07) is 18.6. The molecule has 2 unspecified atom stereocenters. The fourth-order valence-corrected chi connectivity index (χ4v) is 3.84. The maximum absolute atomic E-state index is 12.4. The van der Waals surface area contributed by atoms with E-state index < -0.39 is 0 Å². The van der Waals surface area contributed by atoms with Gasteiger partial charge in [0.2, 0.25) is 5.91 Å². The molecule has 0 bridgehead atoms. The summed E-state index contributed by atoms with van der Waals surface area (Å²) in [5.41, 5.74) is 7.65. The van der Waals surface area contributed by atoms with Gasteiger partial charge in [-0.15, -0.1) is 11.3 Å². The summed E-state index contributed by atoms with van der Waals surface area (Å²) >= 11 is 1.66. The molecular formula is C19H19N3OS. The van der Waals surface area contributed by atoms with Crippen molar-refractivity contribution in [3.63, 3.8) is 0 Å². The molecule has 3 N–H and O–H groups in total. The van der Waals surface area contributed by atoms with E-state index in [0.29, 0.717) is 6.54 Å². The average Bonchev–Trinajstić information content (AvgIpc) is 3.31. The van der Waals surface area contributed by atoms with Crippen LogP contribution in [-0.4, -0.2) is 11.9 Å². The molecule has 122 valence electrons. The molecule has 4 rings (SSSR count). The summed E-state index contributed by atoms with van der Waals surface area (Å²) in [7, 11) is 0. The van der Waals surface area contributed by atoms with Gasteiger partial charge in [-0.1, -0.05) is 48.5 Å². The predicted molar refractivity (Wildman–Crippen MR) is 97.5 cm³/mol. The predicted octanol–water partition coefficient (Wildman–Crippen LogP) is 3.13. The van der Waals surface area contributed by atoms with Gasteiger partial charge in [0.15, 0.2) is 0 Å². The Balaban J connectivity index is 1.45. The van der Waals surface area contributed by atoms with E-state index in [-0.39, 0.29) is 18.0 Å². The molecule has 1 amide bonds. The highest BCUT2D eigenvalue weighted by molar-refractivity contribution is 7.09. The lowest BCUT2D eigenvalue weighted by atomic mass is 9.96. The molecule has 1 aliphatic heterocycles. The molecule has 0 spiro atoms. The molecule has 2 atom stereocenters. The summed E-state index contributed by atoms with van der Waals surface area (Å²) in [6.07, 6.45) is 0.740. The quantitative estimate of drug-likeness (QED) is 0.686. The van der Waals surface area contributed by atoms with E-state index in [9.17, 15) is 4.79 Å². The highest BCUT2D eigenvalue weighted by atomic mass is 32.1. The number of amides is 1. The third kappa shape index (κ3) is 3.06. The van der Waals surface area contributed by atoms with E-state index in [1.165, 1.54) is 21.2 Å². The molecule has 0 radical (unpaired) electrons. The summed E-state index contributed by atoms with van der Waals surface area (Å²) in [5, 5.41) is 7.49. The number of hydrogen-bond donors (Lipinski definition) is 3. The number of benzene rings is 2. The van der Waals surface area contributed by atoms with E-state index in [4.69, 9.17) is 0 Å². The van der Waals surface area contributed by atoms with Gasteiger partial charge in [-0.05, 0) is 34.2 Å². The first-order valence-corrected chi connectivity index (χ1v) is 8.98. The van der Waals surface area contributed by atoms with Crippen molar-refractivity contribution in [1.29, 1.82) is 0 Å². The SMILES string of the molecule is O=C(NCc1cccs1)C1CC(c2cccc3ccccc23)NN1. The Hall–Kier alpha value is -2.21. The van der Waals surface area contributed by atoms with Crippen molar-refractivity contribution < 1.29 is 4.79 Å².